The number of amides is 1. The lowest BCUT2D eigenvalue weighted by Crippen LogP contribution is -2.52. The second kappa shape index (κ2) is 6.80. The average Bonchev–Trinajstić information content (AvgIpc) is 2.60. The van der Waals surface area contributed by atoms with Crippen LogP contribution in [0, 0.1) is 0 Å². The maximum atomic E-state index is 12.8. The SMILES string of the molecule is CNC1CCN(C(=O)C(C)N2CCc3ccccc3C2)CC1. The van der Waals surface area contributed by atoms with Crippen LogP contribution in [-0.4, -0.2) is 54.5 Å². The Hall–Kier alpha value is -1.39. The second-order valence-electron chi connectivity index (χ2n) is 6.55. The molecular formula is C18H27N3O. The smallest absolute Gasteiger partial charge is 0.239 e. The van der Waals surface area contributed by atoms with Gasteiger partial charge in [-0.05, 0) is 44.4 Å². The number of benzene rings is 1. The van der Waals surface area contributed by atoms with E-state index in [0.717, 1.165) is 45.4 Å². The number of nitrogens with zero attached hydrogens (tertiary/aromatic N) is 2. The van der Waals surface area contributed by atoms with Gasteiger partial charge >= 0.3 is 0 Å². The Bertz CT molecular complexity index is 523. The van der Waals surface area contributed by atoms with Gasteiger partial charge in [-0.25, -0.2) is 0 Å². The van der Waals surface area contributed by atoms with Crippen molar-refractivity contribution in [3.63, 3.8) is 0 Å². The predicted molar refractivity (Wildman–Crippen MR) is 88.7 cm³/mol. The molecule has 1 aromatic rings. The summed E-state index contributed by atoms with van der Waals surface area (Å²) in [5, 5.41) is 3.32. The van der Waals surface area contributed by atoms with Crippen molar-refractivity contribution in [1.82, 2.24) is 15.1 Å². The zero-order chi connectivity index (χ0) is 15.5. The number of carbonyl (C=O) groups is 1. The molecule has 1 saturated heterocycles. The van der Waals surface area contributed by atoms with E-state index in [9.17, 15) is 4.79 Å². The third kappa shape index (κ3) is 3.18. The van der Waals surface area contributed by atoms with Gasteiger partial charge in [0.1, 0.15) is 0 Å². The molecule has 2 aliphatic heterocycles. The van der Waals surface area contributed by atoms with Crippen molar-refractivity contribution in [2.24, 2.45) is 0 Å². The van der Waals surface area contributed by atoms with Gasteiger partial charge in [-0.2, -0.15) is 0 Å². The fraction of sp³-hybridized carbons (Fsp3) is 0.611. The highest BCUT2D eigenvalue weighted by atomic mass is 16.2. The molecule has 1 fully saturated rings. The largest absolute Gasteiger partial charge is 0.341 e. The van der Waals surface area contributed by atoms with Crippen LogP contribution in [0.15, 0.2) is 24.3 Å². The van der Waals surface area contributed by atoms with E-state index in [1.165, 1.54) is 11.1 Å². The summed E-state index contributed by atoms with van der Waals surface area (Å²) in [7, 11) is 2.01. The van der Waals surface area contributed by atoms with E-state index in [4.69, 9.17) is 0 Å². The van der Waals surface area contributed by atoms with Crippen LogP contribution in [0.25, 0.3) is 0 Å². The Morgan fingerprint density at radius 1 is 1.18 bits per heavy atom. The summed E-state index contributed by atoms with van der Waals surface area (Å²) in [4.78, 5) is 17.2. The zero-order valence-electron chi connectivity index (χ0n) is 13.7. The molecule has 1 atom stereocenters. The molecule has 120 valence electrons. The van der Waals surface area contributed by atoms with Crippen molar-refractivity contribution in [2.45, 2.75) is 44.8 Å². The van der Waals surface area contributed by atoms with Gasteiger partial charge in [0.2, 0.25) is 5.91 Å². The minimum Gasteiger partial charge on any atom is -0.341 e. The molecule has 2 heterocycles. The van der Waals surface area contributed by atoms with Gasteiger partial charge in [-0.1, -0.05) is 24.3 Å². The lowest BCUT2D eigenvalue weighted by Gasteiger charge is -2.38. The van der Waals surface area contributed by atoms with Crippen molar-refractivity contribution in [3.8, 4) is 0 Å². The first-order chi connectivity index (χ1) is 10.7. The van der Waals surface area contributed by atoms with Crippen LogP contribution < -0.4 is 5.32 Å². The van der Waals surface area contributed by atoms with Crippen LogP contribution in [0.3, 0.4) is 0 Å². The molecule has 0 spiro atoms. The quantitative estimate of drug-likeness (QED) is 0.922. The van der Waals surface area contributed by atoms with E-state index in [2.05, 4.69) is 46.3 Å². The van der Waals surface area contributed by atoms with Gasteiger partial charge in [0.25, 0.3) is 0 Å². The molecule has 1 unspecified atom stereocenters. The van der Waals surface area contributed by atoms with Crippen LogP contribution in [-0.2, 0) is 17.8 Å². The Balaban J connectivity index is 1.60. The van der Waals surface area contributed by atoms with Crippen molar-refractivity contribution >= 4 is 5.91 Å². The Kier molecular flexibility index (Phi) is 4.79. The molecule has 1 amide bonds. The standard InChI is InChI=1S/C18H27N3O/c1-14(18(22)20-11-8-17(19-2)9-12-20)21-10-7-15-5-3-4-6-16(15)13-21/h3-6,14,17,19H,7-13H2,1-2H3. The van der Waals surface area contributed by atoms with Crippen molar-refractivity contribution in [3.05, 3.63) is 35.4 Å². The Morgan fingerprint density at radius 2 is 1.86 bits per heavy atom. The van der Waals surface area contributed by atoms with Gasteiger partial charge in [-0.15, -0.1) is 0 Å². The number of hydrogen-bond donors (Lipinski definition) is 1. The van der Waals surface area contributed by atoms with Gasteiger partial charge < -0.3 is 10.2 Å². The Morgan fingerprint density at radius 3 is 2.55 bits per heavy atom. The molecular weight excluding hydrogens is 274 g/mol. The molecule has 0 aromatic heterocycles. The first kappa shape index (κ1) is 15.5. The molecule has 2 aliphatic rings. The summed E-state index contributed by atoms with van der Waals surface area (Å²) in [6.07, 6.45) is 3.19. The maximum absolute atomic E-state index is 12.8. The van der Waals surface area contributed by atoms with Crippen molar-refractivity contribution < 1.29 is 4.79 Å². The van der Waals surface area contributed by atoms with E-state index in [-0.39, 0.29) is 6.04 Å². The number of piperidine rings is 1. The lowest BCUT2D eigenvalue weighted by molar-refractivity contribution is -0.137. The zero-order valence-corrected chi connectivity index (χ0v) is 13.7. The van der Waals surface area contributed by atoms with E-state index in [0.29, 0.717) is 11.9 Å². The summed E-state index contributed by atoms with van der Waals surface area (Å²) in [6, 6.07) is 9.16. The number of likely N-dealkylation sites (tertiary alicyclic amines) is 1. The molecule has 0 radical (unpaired) electrons. The topological polar surface area (TPSA) is 35.6 Å². The minimum absolute atomic E-state index is 0.0144. The fourth-order valence-electron chi connectivity index (χ4n) is 3.66. The van der Waals surface area contributed by atoms with E-state index >= 15 is 0 Å². The van der Waals surface area contributed by atoms with Crippen LogP contribution in [0.4, 0.5) is 0 Å². The molecule has 4 heteroatoms. The first-order valence-corrected chi connectivity index (χ1v) is 8.46. The van der Waals surface area contributed by atoms with E-state index < -0.39 is 0 Å². The number of nitrogens with one attached hydrogen (secondary N) is 1. The monoisotopic (exact) mass is 301 g/mol. The third-order valence-corrected chi connectivity index (χ3v) is 5.28. The minimum atomic E-state index is -0.0144. The highest BCUT2D eigenvalue weighted by molar-refractivity contribution is 5.81. The normalized spacial score (nSPS) is 21.5. The summed E-state index contributed by atoms with van der Waals surface area (Å²) >= 11 is 0. The molecule has 1 N–H and O–H groups in total. The highest BCUT2D eigenvalue weighted by Gasteiger charge is 2.30. The van der Waals surface area contributed by atoms with Crippen molar-refractivity contribution in [2.75, 3.05) is 26.7 Å². The maximum Gasteiger partial charge on any atom is 0.239 e. The van der Waals surface area contributed by atoms with Crippen LogP contribution in [0.2, 0.25) is 0 Å². The van der Waals surface area contributed by atoms with Crippen LogP contribution in [0.5, 0.6) is 0 Å². The Labute approximate surface area is 133 Å². The van der Waals surface area contributed by atoms with E-state index in [1.807, 2.05) is 7.05 Å². The number of carbonyl (C=O) groups excluding carboxylic acids is 1. The number of rotatable bonds is 3. The third-order valence-electron chi connectivity index (χ3n) is 5.28. The summed E-state index contributed by atoms with van der Waals surface area (Å²) < 4.78 is 0. The molecule has 22 heavy (non-hydrogen) atoms. The first-order valence-electron chi connectivity index (χ1n) is 8.46. The van der Waals surface area contributed by atoms with Gasteiger partial charge in [0.15, 0.2) is 0 Å². The fourth-order valence-corrected chi connectivity index (χ4v) is 3.66. The molecule has 1 aromatic carbocycles. The second-order valence-corrected chi connectivity index (χ2v) is 6.55. The summed E-state index contributed by atoms with van der Waals surface area (Å²) in [5.41, 5.74) is 2.82. The molecule has 3 rings (SSSR count). The van der Waals surface area contributed by atoms with Gasteiger partial charge in [-0.3, -0.25) is 9.69 Å². The van der Waals surface area contributed by atoms with E-state index in [1.54, 1.807) is 0 Å². The molecule has 0 saturated carbocycles. The summed E-state index contributed by atoms with van der Waals surface area (Å²) in [5.74, 6) is 0.300. The number of hydrogen-bond acceptors (Lipinski definition) is 3. The predicted octanol–water partition coefficient (Wildman–Crippen LogP) is 1.64. The van der Waals surface area contributed by atoms with Crippen LogP contribution >= 0.6 is 0 Å². The van der Waals surface area contributed by atoms with Crippen molar-refractivity contribution in [1.29, 1.82) is 0 Å². The summed E-state index contributed by atoms with van der Waals surface area (Å²) in [6.45, 7) is 5.73. The molecule has 4 nitrogen and oxygen atoms in total. The number of fused-ring (bicyclic) bond motifs is 1. The molecule has 0 bridgehead atoms. The average molecular weight is 301 g/mol. The molecule has 0 aliphatic carbocycles. The van der Waals surface area contributed by atoms with Crippen LogP contribution in [0.1, 0.15) is 30.9 Å². The highest BCUT2D eigenvalue weighted by Crippen LogP contribution is 2.21. The lowest BCUT2D eigenvalue weighted by atomic mass is 9.98. The van der Waals surface area contributed by atoms with Gasteiger partial charge in [0, 0.05) is 32.2 Å². The van der Waals surface area contributed by atoms with Gasteiger partial charge in [0.05, 0.1) is 6.04 Å².